The molecule has 0 heterocycles. The Morgan fingerprint density at radius 1 is 1.60 bits per heavy atom. The fourth-order valence-electron chi connectivity index (χ4n) is 0.687. The van der Waals surface area contributed by atoms with Gasteiger partial charge in [0, 0.05) is 0 Å². The fourth-order valence-corrected chi connectivity index (χ4v) is 0.687. The first-order chi connectivity index (χ1) is 4.76. The van der Waals surface area contributed by atoms with Crippen molar-refractivity contribution in [2.24, 2.45) is 0 Å². The van der Waals surface area contributed by atoms with Gasteiger partial charge in [0.1, 0.15) is 0 Å². The van der Waals surface area contributed by atoms with Gasteiger partial charge in [0.05, 0.1) is 6.10 Å². The lowest BCUT2D eigenvalue weighted by Crippen LogP contribution is -2.05. The molecule has 0 aliphatic rings. The van der Waals surface area contributed by atoms with Crippen LogP contribution < -0.4 is 0 Å². The van der Waals surface area contributed by atoms with Crippen molar-refractivity contribution in [2.45, 2.75) is 19.4 Å². The Balaban J connectivity index is 4.18. The third-order valence-corrected chi connectivity index (χ3v) is 1.32. The van der Waals surface area contributed by atoms with Gasteiger partial charge < -0.3 is 5.11 Å². The Morgan fingerprint density at radius 2 is 2.20 bits per heavy atom. The van der Waals surface area contributed by atoms with Gasteiger partial charge in [-0.2, -0.15) is 0 Å². The van der Waals surface area contributed by atoms with Crippen LogP contribution in [0.1, 0.15) is 13.3 Å². The Kier molecular flexibility index (Phi) is 4.59. The van der Waals surface area contributed by atoms with Crippen LogP contribution in [-0.2, 0) is 0 Å². The first-order valence-electron chi connectivity index (χ1n) is 3.39. The van der Waals surface area contributed by atoms with E-state index in [9.17, 15) is 5.11 Å². The van der Waals surface area contributed by atoms with E-state index in [0.717, 1.165) is 5.57 Å². The van der Waals surface area contributed by atoms with E-state index in [1.807, 2.05) is 6.92 Å². The molecular formula is C9H14O. The number of hydrogen-bond donors (Lipinski definition) is 1. The molecule has 0 fully saturated rings. The van der Waals surface area contributed by atoms with Gasteiger partial charge in [-0.25, -0.2) is 0 Å². The number of hydrogen-bond acceptors (Lipinski definition) is 1. The van der Waals surface area contributed by atoms with Crippen LogP contribution in [0.4, 0.5) is 0 Å². The molecule has 0 amide bonds. The number of aliphatic hydroxyl groups excluding tert-OH is 1. The van der Waals surface area contributed by atoms with E-state index in [-0.39, 0.29) is 0 Å². The molecule has 0 bridgehead atoms. The van der Waals surface area contributed by atoms with Crippen molar-refractivity contribution < 1.29 is 5.11 Å². The van der Waals surface area contributed by atoms with Crippen LogP contribution in [0.3, 0.4) is 0 Å². The normalized spacial score (nSPS) is 14.4. The molecule has 0 aromatic heterocycles. The van der Waals surface area contributed by atoms with Crippen molar-refractivity contribution in [1.29, 1.82) is 0 Å². The second kappa shape index (κ2) is 5.00. The Bertz CT molecular complexity index is 145. The van der Waals surface area contributed by atoms with E-state index < -0.39 is 6.10 Å². The summed E-state index contributed by atoms with van der Waals surface area (Å²) < 4.78 is 0. The van der Waals surface area contributed by atoms with Crippen LogP contribution in [0.5, 0.6) is 0 Å². The van der Waals surface area contributed by atoms with E-state index in [4.69, 9.17) is 0 Å². The predicted molar refractivity (Wildman–Crippen MR) is 44.8 cm³/mol. The van der Waals surface area contributed by atoms with E-state index in [0.29, 0.717) is 6.42 Å². The zero-order valence-corrected chi connectivity index (χ0v) is 6.38. The molecule has 1 N–H and O–H groups in total. The molecule has 1 atom stereocenters. The summed E-state index contributed by atoms with van der Waals surface area (Å²) >= 11 is 0. The molecule has 0 aliphatic heterocycles. The van der Waals surface area contributed by atoms with Crippen LogP contribution in [0, 0.1) is 0 Å². The maximum Gasteiger partial charge on any atom is 0.0787 e. The van der Waals surface area contributed by atoms with Crippen molar-refractivity contribution in [3.8, 4) is 0 Å². The average Bonchev–Trinajstić information content (AvgIpc) is 1.99. The lowest BCUT2D eigenvalue weighted by atomic mass is 10.1. The van der Waals surface area contributed by atoms with Gasteiger partial charge in [0.15, 0.2) is 0 Å². The largest absolute Gasteiger partial charge is 0.388 e. The molecule has 1 nitrogen and oxygen atoms in total. The minimum atomic E-state index is -0.393. The third kappa shape index (κ3) is 2.65. The van der Waals surface area contributed by atoms with Gasteiger partial charge in [0.2, 0.25) is 0 Å². The Hall–Kier alpha value is -0.820. The zero-order chi connectivity index (χ0) is 7.98. The quantitative estimate of drug-likeness (QED) is 0.589. The highest BCUT2D eigenvalue weighted by Crippen LogP contribution is 2.06. The lowest BCUT2D eigenvalue weighted by Gasteiger charge is -2.06. The first-order valence-corrected chi connectivity index (χ1v) is 3.39. The Morgan fingerprint density at radius 3 is 2.50 bits per heavy atom. The maximum absolute atomic E-state index is 9.26. The SMILES string of the molecule is C=C/C=C(\C=C)C(O)CC. The molecule has 1 unspecified atom stereocenters. The smallest absolute Gasteiger partial charge is 0.0787 e. The van der Waals surface area contributed by atoms with Crippen molar-refractivity contribution in [1.82, 2.24) is 0 Å². The molecule has 56 valence electrons. The van der Waals surface area contributed by atoms with E-state index >= 15 is 0 Å². The summed E-state index contributed by atoms with van der Waals surface area (Å²) in [4.78, 5) is 0. The molecule has 1 heteroatoms. The van der Waals surface area contributed by atoms with Crippen LogP contribution in [-0.4, -0.2) is 11.2 Å². The zero-order valence-electron chi connectivity index (χ0n) is 6.38. The summed E-state index contributed by atoms with van der Waals surface area (Å²) in [5.41, 5.74) is 0.831. The molecule has 0 aromatic carbocycles. The topological polar surface area (TPSA) is 20.2 Å². The molecule has 0 rings (SSSR count). The summed E-state index contributed by atoms with van der Waals surface area (Å²) in [6, 6.07) is 0. The fraction of sp³-hybridized carbons (Fsp3) is 0.333. The molecule has 0 saturated heterocycles. The summed E-state index contributed by atoms with van der Waals surface area (Å²) in [7, 11) is 0. The van der Waals surface area contributed by atoms with Crippen molar-refractivity contribution in [3.63, 3.8) is 0 Å². The van der Waals surface area contributed by atoms with Gasteiger partial charge in [-0.1, -0.05) is 38.3 Å². The van der Waals surface area contributed by atoms with Gasteiger partial charge >= 0.3 is 0 Å². The van der Waals surface area contributed by atoms with E-state index in [2.05, 4.69) is 13.2 Å². The van der Waals surface area contributed by atoms with E-state index in [1.54, 1.807) is 18.2 Å². The second-order valence-corrected chi connectivity index (χ2v) is 2.03. The summed E-state index contributed by atoms with van der Waals surface area (Å²) in [6.45, 7) is 9.02. The maximum atomic E-state index is 9.26. The minimum Gasteiger partial charge on any atom is -0.388 e. The van der Waals surface area contributed by atoms with Gasteiger partial charge in [-0.15, -0.1) is 0 Å². The highest BCUT2D eigenvalue weighted by molar-refractivity contribution is 5.24. The molecule has 0 radical (unpaired) electrons. The summed E-state index contributed by atoms with van der Waals surface area (Å²) in [5.74, 6) is 0. The second-order valence-electron chi connectivity index (χ2n) is 2.03. The molecule has 0 aliphatic carbocycles. The highest BCUT2D eigenvalue weighted by atomic mass is 16.3. The van der Waals surface area contributed by atoms with Crippen molar-refractivity contribution in [3.05, 3.63) is 37.0 Å². The molecule has 0 saturated carbocycles. The van der Waals surface area contributed by atoms with Gasteiger partial charge in [-0.05, 0) is 12.0 Å². The molecule has 0 aromatic rings. The predicted octanol–water partition coefficient (Wildman–Crippen LogP) is 2.06. The Labute approximate surface area is 62.4 Å². The van der Waals surface area contributed by atoms with E-state index in [1.165, 1.54) is 0 Å². The van der Waals surface area contributed by atoms with Crippen molar-refractivity contribution in [2.75, 3.05) is 0 Å². The molecule has 10 heavy (non-hydrogen) atoms. The number of aliphatic hydroxyl groups is 1. The monoisotopic (exact) mass is 138 g/mol. The third-order valence-electron chi connectivity index (χ3n) is 1.32. The van der Waals surface area contributed by atoms with Gasteiger partial charge in [-0.3, -0.25) is 0 Å². The highest BCUT2D eigenvalue weighted by Gasteiger charge is 2.01. The summed E-state index contributed by atoms with van der Waals surface area (Å²) in [5, 5.41) is 9.26. The first kappa shape index (κ1) is 9.18. The minimum absolute atomic E-state index is 0.393. The van der Waals surface area contributed by atoms with Crippen molar-refractivity contribution >= 4 is 0 Å². The molecular weight excluding hydrogens is 124 g/mol. The number of rotatable bonds is 4. The van der Waals surface area contributed by atoms with Crippen LogP contribution in [0.15, 0.2) is 37.0 Å². The van der Waals surface area contributed by atoms with Crippen LogP contribution in [0.2, 0.25) is 0 Å². The number of allylic oxidation sites excluding steroid dienone is 2. The van der Waals surface area contributed by atoms with Gasteiger partial charge in [0.25, 0.3) is 0 Å². The van der Waals surface area contributed by atoms with Crippen LogP contribution in [0.25, 0.3) is 0 Å². The average molecular weight is 138 g/mol. The van der Waals surface area contributed by atoms with Crippen LogP contribution >= 0.6 is 0 Å². The lowest BCUT2D eigenvalue weighted by molar-refractivity contribution is 0.210. The standard InChI is InChI=1S/C9H14O/c1-4-7-8(5-2)9(10)6-3/h4-5,7,9-10H,1-2,6H2,3H3/b8-7+. The summed E-state index contributed by atoms with van der Waals surface area (Å²) in [6.07, 6.45) is 5.38. The molecule has 0 spiro atoms.